The molecule has 2 aromatic rings. The first-order valence-corrected chi connectivity index (χ1v) is 13.7. The van der Waals surface area contributed by atoms with Crippen molar-refractivity contribution in [2.45, 2.75) is 63.1 Å². The van der Waals surface area contributed by atoms with Gasteiger partial charge in [0.05, 0.1) is 27.9 Å². The summed E-state index contributed by atoms with van der Waals surface area (Å²) in [6, 6.07) is 4.17. The molecule has 1 saturated carbocycles. The number of nitrogens with zero attached hydrogens (tertiary/aromatic N) is 2. The Morgan fingerprint density at radius 3 is 2.53 bits per heavy atom. The fourth-order valence-electron chi connectivity index (χ4n) is 4.32. The lowest BCUT2D eigenvalue weighted by Crippen LogP contribution is -2.41. The van der Waals surface area contributed by atoms with E-state index in [9.17, 15) is 22.4 Å². The second-order valence-corrected chi connectivity index (χ2v) is 11.6. The SMILES string of the molecule is CNC1=C(Cn2c(=O)c3cc(S(=O)(=O)NC4(CF)CC4)ccc3n(CCC(C)C)c2=O)C=CC=CC1. The van der Waals surface area contributed by atoms with Crippen molar-refractivity contribution in [2.75, 3.05) is 13.7 Å². The maximum absolute atomic E-state index is 13.6. The van der Waals surface area contributed by atoms with E-state index in [1.54, 1.807) is 11.6 Å². The quantitative estimate of drug-likeness (QED) is 0.506. The van der Waals surface area contributed by atoms with Gasteiger partial charge in [0.2, 0.25) is 10.0 Å². The van der Waals surface area contributed by atoms with Gasteiger partial charge in [0.15, 0.2) is 0 Å². The minimum Gasteiger partial charge on any atom is -0.391 e. The maximum Gasteiger partial charge on any atom is 0.331 e. The van der Waals surface area contributed by atoms with Gasteiger partial charge in [0, 0.05) is 25.7 Å². The lowest BCUT2D eigenvalue weighted by molar-refractivity contribution is 0.393. The zero-order valence-corrected chi connectivity index (χ0v) is 21.7. The smallest absolute Gasteiger partial charge is 0.331 e. The first kappa shape index (κ1) is 26.1. The van der Waals surface area contributed by atoms with Crippen molar-refractivity contribution in [2.24, 2.45) is 5.92 Å². The lowest BCUT2D eigenvalue weighted by atomic mass is 10.1. The molecule has 0 amide bonds. The van der Waals surface area contributed by atoms with E-state index < -0.39 is 33.5 Å². The average Bonchev–Trinajstić information content (AvgIpc) is 3.64. The molecular weight excluding hydrogens is 483 g/mol. The molecule has 0 radical (unpaired) electrons. The monoisotopic (exact) mass is 516 g/mol. The van der Waals surface area contributed by atoms with Gasteiger partial charge in [-0.3, -0.25) is 13.9 Å². The van der Waals surface area contributed by atoms with Gasteiger partial charge in [-0.05, 0) is 49.0 Å². The summed E-state index contributed by atoms with van der Waals surface area (Å²) in [7, 11) is -2.25. The second-order valence-electron chi connectivity index (χ2n) is 9.95. The number of nitrogens with one attached hydrogen (secondary N) is 2. The summed E-state index contributed by atoms with van der Waals surface area (Å²) in [6.45, 7) is 3.74. The standard InChI is InChI=1S/C26H33FN4O4S/c1-18(2)11-14-30-23-10-9-20(36(34,35)29-26(17-27)12-13-26)15-21(23)24(32)31(25(30)33)16-19-7-5-4-6-8-22(19)28-3/h4-7,9-10,15,18,28-29H,8,11-14,16-17H2,1-3H3. The Morgan fingerprint density at radius 1 is 1.14 bits per heavy atom. The van der Waals surface area contributed by atoms with E-state index in [4.69, 9.17) is 0 Å². The van der Waals surface area contributed by atoms with Gasteiger partial charge in [0.25, 0.3) is 5.56 Å². The van der Waals surface area contributed by atoms with Gasteiger partial charge in [-0.25, -0.2) is 22.3 Å². The molecule has 0 aliphatic heterocycles. The summed E-state index contributed by atoms with van der Waals surface area (Å²) >= 11 is 0. The molecule has 1 aromatic carbocycles. The number of hydrogen-bond acceptors (Lipinski definition) is 5. The van der Waals surface area contributed by atoms with Crippen molar-refractivity contribution >= 4 is 20.9 Å². The fourth-order valence-corrected chi connectivity index (χ4v) is 5.79. The van der Waals surface area contributed by atoms with E-state index in [1.165, 1.54) is 22.8 Å². The van der Waals surface area contributed by atoms with Gasteiger partial charge in [-0.1, -0.05) is 38.2 Å². The van der Waals surface area contributed by atoms with Crippen molar-refractivity contribution in [3.8, 4) is 0 Å². The second kappa shape index (κ2) is 10.2. The van der Waals surface area contributed by atoms with Gasteiger partial charge in [0.1, 0.15) is 6.67 Å². The number of aromatic nitrogens is 2. The Hall–Kier alpha value is -2.98. The predicted octanol–water partition coefficient (Wildman–Crippen LogP) is 2.98. The largest absolute Gasteiger partial charge is 0.391 e. The van der Waals surface area contributed by atoms with Gasteiger partial charge in [-0.2, -0.15) is 0 Å². The zero-order chi connectivity index (χ0) is 26.1. The average molecular weight is 517 g/mol. The summed E-state index contributed by atoms with van der Waals surface area (Å²) in [6.07, 6.45) is 9.82. The fraction of sp³-hybridized carbons (Fsp3) is 0.462. The zero-order valence-electron chi connectivity index (χ0n) is 20.9. The van der Waals surface area contributed by atoms with E-state index >= 15 is 0 Å². The van der Waals surface area contributed by atoms with E-state index in [0.29, 0.717) is 43.7 Å². The van der Waals surface area contributed by atoms with Crippen LogP contribution >= 0.6 is 0 Å². The van der Waals surface area contributed by atoms with Crippen LogP contribution in [-0.2, 0) is 23.1 Å². The van der Waals surface area contributed by atoms with Crippen molar-refractivity contribution in [1.29, 1.82) is 0 Å². The van der Waals surface area contributed by atoms with Gasteiger partial charge in [-0.15, -0.1) is 0 Å². The highest BCUT2D eigenvalue weighted by molar-refractivity contribution is 7.89. The number of rotatable bonds is 10. The van der Waals surface area contributed by atoms with Crippen LogP contribution in [0.1, 0.15) is 39.5 Å². The van der Waals surface area contributed by atoms with Crippen LogP contribution in [0.4, 0.5) is 4.39 Å². The lowest BCUT2D eigenvalue weighted by Gasteiger charge is -2.18. The highest BCUT2D eigenvalue weighted by atomic mass is 32.2. The van der Waals surface area contributed by atoms with Crippen molar-refractivity contribution in [3.05, 3.63) is 74.6 Å². The summed E-state index contributed by atoms with van der Waals surface area (Å²) in [5.41, 5.74) is 0.00766. The highest BCUT2D eigenvalue weighted by Gasteiger charge is 2.46. The van der Waals surface area contributed by atoms with Crippen molar-refractivity contribution in [1.82, 2.24) is 19.2 Å². The molecule has 1 heterocycles. The number of hydrogen-bond donors (Lipinski definition) is 2. The van der Waals surface area contributed by atoms with Crippen LogP contribution < -0.4 is 21.3 Å². The Bertz CT molecular complexity index is 1480. The molecule has 4 rings (SSSR count). The van der Waals surface area contributed by atoms with Crippen LogP contribution in [-0.4, -0.2) is 36.8 Å². The molecule has 36 heavy (non-hydrogen) atoms. The molecule has 0 bridgehead atoms. The molecule has 0 unspecified atom stereocenters. The van der Waals surface area contributed by atoms with Crippen LogP contribution in [0.2, 0.25) is 0 Å². The maximum atomic E-state index is 13.6. The van der Waals surface area contributed by atoms with Crippen LogP contribution in [0.3, 0.4) is 0 Å². The molecule has 1 aromatic heterocycles. The van der Waals surface area contributed by atoms with Crippen LogP contribution in [0.5, 0.6) is 0 Å². The Labute approximate surface area is 210 Å². The Kier molecular flexibility index (Phi) is 7.38. The van der Waals surface area contributed by atoms with Crippen molar-refractivity contribution in [3.63, 3.8) is 0 Å². The molecule has 0 spiro atoms. The third-order valence-corrected chi connectivity index (χ3v) is 8.36. The van der Waals surface area contributed by atoms with Crippen molar-refractivity contribution < 1.29 is 12.8 Å². The highest BCUT2D eigenvalue weighted by Crippen LogP contribution is 2.37. The third kappa shape index (κ3) is 5.24. The topological polar surface area (TPSA) is 102 Å². The van der Waals surface area contributed by atoms with E-state index in [0.717, 1.165) is 11.3 Å². The normalized spacial score (nSPS) is 17.1. The van der Waals surface area contributed by atoms with Gasteiger partial charge >= 0.3 is 5.69 Å². The molecule has 10 heteroatoms. The first-order chi connectivity index (χ1) is 17.1. The molecule has 2 aliphatic carbocycles. The summed E-state index contributed by atoms with van der Waals surface area (Å²) < 4.78 is 44.5. The van der Waals surface area contributed by atoms with Gasteiger partial charge < -0.3 is 5.32 Å². The molecule has 8 nitrogen and oxygen atoms in total. The number of alkyl halides is 1. The molecule has 194 valence electrons. The molecule has 1 fully saturated rings. The third-order valence-electron chi connectivity index (χ3n) is 6.78. The van der Waals surface area contributed by atoms with E-state index in [-0.39, 0.29) is 16.8 Å². The minimum absolute atomic E-state index is 0.0455. The first-order valence-electron chi connectivity index (χ1n) is 12.2. The summed E-state index contributed by atoms with van der Waals surface area (Å²) in [5, 5.41) is 3.27. The summed E-state index contributed by atoms with van der Waals surface area (Å²) in [5.74, 6) is 0.320. The number of fused-ring (bicyclic) bond motifs is 1. The Morgan fingerprint density at radius 2 is 1.89 bits per heavy atom. The van der Waals surface area contributed by atoms with E-state index in [1.807, 2.05) is 38.2 Å². The molecule has 2 N–H and O–H groups in total. The molecule has 2 aliphatic rings. The van der Waals surface area contributed by atoms with Crippen LogP contribution in [0.15, 0.2) is 68.3 Å². The number of benzene rings is 1. The predicted molar refractivity (Wildman–Crippen MR) is 139 cm³/mol. The van der Waals surface area contributed by atoms with E-state index in [2.05, 4.69) is 10.0 Å². The number of halogens is 1. The molecular formula is C26H33FN4O4S. The number of aryl methyl sites for hydroxylation is 1. The minimum atomic E-state index is -4.05. The van der Waals surface area contributed by atoms with Crippen LogP contribution in [0, 0.1) is 5.92 Å². The Balaban J connectivity index is 1.88. The number of sulfonamides is 1. The molecule has 0 saturated heterocycles. The molecule has 0 atom stereocenters. The number of allylic oxidation sites excluding steroid dienone is 5. The van der Waals surface area contributed by atoms with Crippen LogP contribution in [0.25, 0.3) is 10.9 Å². The summed E-state index contributed by atoms with van der Waals surface area (Å²) in [4.78, 5) is 27.1.